The molecule has 29 heavy (non-hydrogen) atoms. The molecule has 2 amide bonds. The number of aliphatic imine (C=N–C) groups is 1. The highest BCUT2D eigenvalue weighted by Crippen LogP contribution is 2.33. The van der Waals surface area contributed by atoms with Crippen molar-refractivity contribution in [2.45, 2.75) is 32.0 Å². The maximum Gasteiger partial charge on any atom is 0.417 e. The zero-order valence-corrected chi connectivity index (χ0v) is 16.6. The molecule has 8 nitrogen and oxygen atoms in total. The number of hydrogen-bond acceptors (Lipinski definition) is 5. The Morgan fingerprint density at radius 1 is 1.41 bits per heavy atom. The van der Waals surface area contributed by atoms with E-state index in [2.05, 4.69) is 32.4 Å². The highest BCUT2D eigenvalue weighted by atomic mass is 19.4. The Labute approximate surface area is 167 Å². The molecule has 0 radical (unpaired) electrons. The topological polar surface area (TPSA) is 105 Å². The van der Waals surface area contributed by atoms with Gasteiger partial charge in [0, 0.05) is 44.5 Å². The maximum atomic E-state index is 13.4. The normalized spacial score (nSPS) is 17.1. The lowest BCUT2D eigenvalue weighted by Crippen LogP contribution is -2.42. The lowest BCUT2D eigenvalue weighted by Gasteiger charge is -2.32. The predicted octanol–water partition coefficient (Wildman–Crippen LogP) is 2.06. The van der Waals surface area contributed by atoms with Crippen molar-refractivity contribution in [3.8, 4) is 0 Å². The molecule has 0 bridgehead atoms. The van der Waals surface area contributed by atoms with Crippen LogP contribution < -0.4 is 16.4 Å². The van der Waals surface area contributed by atoms with Gasteiger partial charge >= 0.3 is 12.2 Å². The van der Waals surface area contributed by atoms with E-state index < -0.39 is 17.8 Å². The molecule has 2 rings (SSSR count). The monoisotopic (exact) mass is 416 g/mol. The van der Waals surface area contributed by atoms with Gasteiger partial charge in [0.2, 0.25) is 0 Å². The molecule has 0 saturated carbocycles. The molecule has 0 aromatic carbocycles. The van der Waals surface area contributed by atoms with Gasteiger partial charge in [-0.2, -0.15) is 13.2 Å². The molecule has 1 fully saturated rings. The van der Waals surface area contributed by atoms with Crippen LogP contribution in [0.2, 0.25) is 0 Å². The second-order valence-corrected chi connectivity index (χ2v) is 6.72. The number of hydrogen-bond donors (Lipinski definition) is 3. The number of halogens is 3. The minimum Gasteiger partial charge on any atom is -0.383 e. The molecule has 0 spiro atoms. The number of alkyl halides is 3. The van der Waals surface area contributed by atoms with Crippen LogP contribution in [0.5, 0.6) is 0 Å². The van der Waals surface area contributed by atoms with Gasteiger partial charge in [-0.05, 0) is 25.8 Å². The molecule has 2 heterocycles. The van der Waals surface area contributed by atoms with Gasteiger partial charge in [0.15, 0.2) is 0 Å². The highest BCUT2D eigenvalue weighted by molar-refractivity contribution is 5.99. The fourth-order valence-electron chi connectivity index (χ4n) is 3.01. The number of nitrogens with zero attached hydrogens (tertiary/aromatic N) is 3. The summed E-state index contributed by atoms with van der Waals surface area (Å²) in [6, 6.07) is 0.417. The Hall–Kier alpha value is -2.40. The molecule has 1 atom stereocenters. The van der Waals surface area contributed by atoms with Gasteiger partial charge in [0.1, 0.15) is 11.7 Å². The first kappa shape index (κ1) is 22.9. The molecule has 1 aliphatic heterocycles. The first-order valence-corrected chi connectivity index (χ1v) is 9.40. The van der Waals surface area contributed by atoms with Crippen molar-refractivity contribution in [3.63, 3.8) is 0 Å². The lowest BCUT2D eigenvalue weighted by molar-refractivity contribution is -0.137. The Balaban J connectivity index is 2.02. The van der Waals surface area contributed by atoms with Crippen LogP contribution >= 0.6 is 0 Å². The molecule has 0 aliphatic carbocycles. The first-order chi connectivity index (χ1) is 13.7. The summed E-state index contributed by atoms with van der Waals surface area (Å²) >= 11 is 0. The number of amidine groups is 1. The largest absolute Gasteiger partial charge is 0.417 e. The minimum absolute atomic E-state index is 0.227. The number of urea groups is 1. The molecule has 162 valence electrons. The summed E-state index contributed by atoms with van der Waals surface area (Å²) in [5.74, 6) is -0.456. The van der Waals surface area contributed by atoms with Crippen LogP contribution in [0.4, 0.5) is 23.8 Å². The summed E-state index contributed by atoms with van der Waals surface area (Å²) in [6.07, 6.45) is -2.13. The second-order valence-electron chi connectivity index (χ2n) is 6.72. The number of carbonyl (C=O) groups is 1. The van der Waals surface area contributed by atoms with Crippen molar-refractivity contribution in [2.24, 2.45) is 10.7 Å². The number of carbonyl (C=O) groups excluding carboxylic acids is 1. The van der Waals surface area contributed by atoms with Gasteiger partial charge in [0.25, 0.3) is 0 Å². The van der Waals surface area contributed by atoms with Crippen LogP contribution in [0.1, 0.15) is 30.9 Å². The number of nitrogens with one attached hydrogen (secondary N) is 2. The molecule has 1 aromatic heterocycles. The standard InChI is InChI=1S/C18H27F3N6O2/c1-12(27-6-8-29-9-7-27)4-3-5-24-16(22)13-11-25-15(26-17(28)23-2)10-14(13)18(19,20)21/h10-12H,3-9H2,1-2H3,(H2,22,24)(H2,23,25,26,28). The fourth-order valence-corrected chi connectivity index (χ4v) is 3.01. The SMILES string of the molecule is CNC(=O)Nc1cc(C(F)(F)F)c(C(N)=NCCCC(C)N2CCOCC2)cn1. The van der Waals surface area contributed by atoms with E-state index in [1.54, 1.807) is 0 Å². The number of nitrogens with two attached hydrogens (primary N) is 1. The number of anilines is 1. The number of aromatic nitrogens is 1. The van der Waals surface area contributed by atoms with Crippen LogP contribution in [0.25, 0.3) is 0 Å². The molecule has 1 aliphatic rings. The molecule has 1 saturated heterocycles. The summed E-state index contributed by atoms with van der Waals surface area (Å²) in [5, 5.41) is 4.46. The number of ether oxygens (including phenoxy) is 1. The third-order valence-electron chi connectivity index (χ3n) is 4.69. The van der Waals surface area contributed by atoms with Gasteiger partial charge in [-0.25, -0.2) is 9.78 Å². The van der Waals surface area contributed by atoms with E-state index >= 15 is 0 Å². The maximum absolute atomic E-state index is 13.4. The second kappa shape index (κ2) is 10.4. The summed E-state index contributed by atoms with van der Waals surface area (Å²) in [5.41, 5.74) is 4.51. The van der Waals surface area contributed by atoms with E-state index in [1.165, 1.54) is 7.05 Å². The molecule has 4 N–H and O–H groups in total. The molecule has 1 unspecified atom stereocenters. The predicted molar refractivity (Wildman–Crippen MR) is 104 cm³/mol. The Morgan fingerprint density at radius 3 is 2.72 bits per heavy atom. The van der Waals surface area contributed by atoms with Gasteiger partial charge in [-0.1, -0.05) is 0 Å². The summed E-state index contributed by atoms with van der Waals surface area (Å²) in [6.45, 7) is 5.62. The van der Waals surface area contributed by atoms with Crippen LogP contribution in [-0.4, -0.2) is 67.7 Å². The van der Waals surface area contributed by atoms with Gasteiger partial charge in [-0.15, -0.1) is 0 Å². The van der Waals surface area contributed by atoms with Crippen LogP contribution in [0.15, 0.2) is 17.3 Å². The third kappa shape index (κ3) is 6.86. The van der Waals surface area contributed by atoms with Gasteiger partial charge < -0.3 is 15.8 Å². The van der Waals surface area contributed by atoms with Crippen molar-refractivity contribution in [2.75, 3.05) is 45.2 Å². The zero-order chi connectivity index (χ0) is 21.4. The highest BCUT2D eigenvalue weighted by Gasteiger charge is 2.35. The van der Waals surface area contributed by atoms with E-state index in [-0.39, 0.29) is 17.2 Å². The summed E-state index contributed by atoms with van der Waals surface area (Å²) in [7, 11) is 1.35. The zero-order valence-electron chi connectivity index (χ0n) is 16.6. The molecular weight excluding hydrogens is 389 g/mol. The average molecular weight is 416 g/mol. The van der Waals surface area contributed by atoms with Crippen molar-refractivity contribution in [1.29, 1.82) is 0 Å². The van der Waals surface area contributed by atoms with Crippen molar-refractivity contribution >= 4 is 17.7 Å². The Bertz CT molecular complexity index is 720. The van der Waals surface area contributed by atoms with E-state index in [0.29, 0.717) is 32.2 Å². The van der Waals surface area contributed by atoms with E-state index in [0.717, 1.165) is 31.8 Å². The fraction of sp³-hybridized carbons (Fsp3) is 0.611. The van der Waals surface area contributed by atoms with E-state index in [9.17, 15) is 18.0 Å². The smallest absolute Gasteiger partial charge is 0.383 e. The Kier molecular flexibility index (Phi) is 8.21. The quantitative estimate of drug-likeness (QED) is 0.359. The molecule has 1 aromatic rings. The van der Waals surface area contributed by atoms with Crippen molar-refractivity contribution in [3.05, 3.63) is 23.4 Å². The average Bonchev–Trinajstić information content (AvgIpc) is 2.70. The summed E-state index contributed by atoms with van der Waals surface area (Å²) < 4.78 is 45.6. The van der Waals surface area contributed by atoms with E-state index in [1.807, 2.05) is 0 Å². The lowest BCUT2D eigenvalue weighted by atomic mass is 10.1. The van der Waals surface area contributed by atoms with Crippen LogP contribution in [-0.2, 0) is 10.9 Å². The van der Waals surface area contributed by atoms with E-state index in [4.69, 9.17) is 10.5 Å². The number of rotatable bonds is 7. The first-order valence-electron chi connectivity index (χ1n) is 9.40. The number of morpholine rings is 1. The number of amides is 2. The molecular formula is C18H27F3N6O2. The summed E-state index contributed by atoms with van der Waals surface area (Å²) in [4.78, 5) is 21.6. The van der Waals surface area contributed by atoms with Gasteiger partial charge in [-0.3, -0.25) is 15.2 Å². The van der Waals surface area contributed by atoms with Crippen molar-refractivity contribution in [1.82, 2.24) is 15.2 Å². The van der Waals surface area contributed by atoms with Crippen LogP contribution in [0, 0.1) is 0 Å². The Morgan fingerprint density at radius 2 is 2.10 bits per heavy atom. The third-order valence-corrected chi connectivity index (χ3v) is 4.69. The van der Waals surface area contributed by atoms with Crippen molar-refractivity contribution < 1.29 is 22.7 Å². The number of pyridine rings is 1. The van der Waals surface area contributed by atoms with Gasteiger partial charge in [0.05, 0.1) is 18.8 Å². The van der Waals surface area contributed by atoms with Crippen LogP contribution in [0.3, 0.4) is 0 Å². The molecule has 11 heteroatoms. The minimum atomic E-state index is -4.66.